The molecule has 1 atom stereocenters. The Morgan fingerprint density at radius 3 is 2.75 bits per heavy atom. The maximum atomic E-state index is 12.6. The van der Waals surface area contributed by atoms with Gasteiger partial charge in [0, 0.05) is 51.3 Å². The number of amides is 2. The Bertz CT molecular complexity index is 718. The van der Waals surface area contributed by atoms with Crippen molar-refractivity contribution >= 4 is 23.5 Å². The molecular weight excluding hydrogens is 362 g/mol. The Balaban J connectivity index is 1.48. The second kappa shape index (κ2) is 9.66. The van der Waals surface area contributed by atoms with Gasteiger partial charge in [-0.3, -0.25) is 19.3 Å². The van der Waals surface area contributed by atoms with Crippen LogP contribution < -0.4 is 5.32 Å². The van der Waals surface area contributed by atoms with Crippen molar-refractivity contribution in [2.45, 2.75) is 19.3 Å². The van der Waals surface area contributed by atoms with E-state index in [1.807, 2.05) is 6.07 Å². The topological polar surface area (TPSA) is 99.2 Å². The lowest BCUT2D eigenvalue weighted by atomic mass is 10.1. The number of rotatable bonds is 8. The zero-order chi connectivity index (χ0) is 19.9. The molecule has 2 fully saturated rings. The third kappa shape index (κ3) is 5.77. The molecule has 1 aromatic carbocycles. The molecular formula is C20H27N3O5. The molecule has 152 valence electrons. The molecule has 2 saturated heterocycles. The number of aryl methyl sites for hydroxylation is 1. The van der Waals surface area contributed by atoms with Crippen molar-refractivity contribution in [2.24, 2.45) is 5.92 Å². The van der Waals surface area contributed by atoms with E-state index in [0.717, 1.165) is 38.4 Å². The first-order valence-electron chi connectivity index (χ1n) is 9.71. The Labute approximate surface area is 164 Å². The third-order valence-corrected chi connectivity index (χ3v) is 5.20. The minimum absolute atomic E-state index is 0.0172. The van der Waals surface area contributed by atoms with E-state index in [9.17, 15) is 14.4 Å². The molecule has 2 N–H and O–H groups in total. The van der Waals surface area contributed by atoms with Crippen molar-refractivity contribution in [3.63, 3.8) is 0 Å². The number of nitrogens with zero attached hydrogens (tertiary/aromatic N) is 2. The van der Waals surface area contributed by atoms with Gasteiger partial charge in [0.15, 0.2) is 0 Å². The highest BCUT2D eigenvalue weighted by molar-refractivity contribution is 5.97. The normalized spacial score (nSPS) is 20.4. The third-order valence-electron chi connectivity index (χ3n) is 5.20. The predicted octanol–water partition coefficient (Wildman–Crippen LogP) is 0.823. The fourth-order valence-corrected chi connectivity index (χ4v) is 3.55. The van der Waals surface area contributed by atoms with Gasteiger partial charge in [-0.2, -0.15) is 0 Å². The number of carbonyl (C=O) groups excluding carboxylic acids is 2. The van der Waals surface area contributed by atoms with Crippen molar-refractivity contribution in [3.8, 4) is 0 Å². The van der Waals surface area contributed by atoms with Gasteiger partial charge in [-0.25, -0.2) is 0 Å². The van der Waals surface area contributed by atoms with Gasteiger partial charge in [-0.15, -0.1) is 0 Å². The first-order valence-corrected chi connectivity index (χ1v) is 9.71. The van der Waals surface area contributed by atoms with Crippen LogP contribution in [0.4, 0.5) is 5.69 Å². The summed E-state index contributed by atoms with van der Waals surface area (Å²) in [5, 5.41) is 11.7. The van der Waals surface area contributed by atoms with Crippen LogP contribution in [0, 0.1) is 5.92 Å². The van der Waals surface area contributed by atoms with Crippen LogP contribution in [-0.2, 0) is 25.5 Å². The molecule has 3 rings (SSSR count). The van der Waals surface area contributed by atoms with Crippen LogP contribution in [0.5, 0.6) is 0 Å². The second-order valence-corrected chi connectivity index (χ2v) is 7.28. The van der Waals surface area contributed by atoms with Crippen LogP contribution in [-0.4, -0.2) is 78.6 Å². The Hall–Kier alpha value is -2.45. The average Bonchev–Trinajstić information content (AvgIpc) is 3.07. The van der Waals surface area contributed by atoms with E-state index in [-0.39, 0.29) is 30.6 Å². The summed E-state index contributed by atoms with van der Waals surface area (Å²) in [6.45, 7) is 5.08. The molecule has 28 heavy (non-hydrogen) atoms. The fraction of sp³-hybridized carbons (Fsp3) is 0.550. The first-order chi connectivity index (χ1) is 13.5. The number of anilines is 1. The fourth-order valence-electron chi connectivity index (χ4n) is 3.55. The van der Waals surface area contributed by atoms with Gasteiger partial charge in [0.25, 0.3) is 0 Å². The molecule has 2 aliphatic rings. The van der Waals surface area contributed by atoms with Crippen molar-refractivity contribution in [3.05, 3.63) is 29.8 Å². The van der Waals surface area contributed by atoms with Crippen LogP contribution in [0.25, 0.3) is 0 Å². The van der Waals surface area contributed by atoms with Gasteiger partial charge in [0.05, 0.1) is 19.1 Å². The van der Waals surface area contributed by atoms with Crippen LogP contribution in [0.1, 0.15) is 18.4 Å². The van der Waals surface area contributed by atoms with E-state index in [2.05, 4.69) is 10.2 Å². The van der Waals surface area contributed by atoms with E-state index in [0.29, 0.717) is 25.2 Å². The van der Waals surface area contributed by atoms with Crippen molar-refractivity contribution < 1.29 is 24.2 Å². The second-order valence-electron chi connectivity index (χ2n) is 7.28. The van der Waals surface area contributed by atoms with Crippen LogP contribution in [0.15, 0.2) is 24.3 Å². The molecule has 2 aliphatic heterocycles. The number of likely N-dealkylation sites (tertiary alicyclic amines) is 1. The highest BCUT2D eigenvalue weighted by Crippen LogP contribution is 2.21. The van der Waals surface area contributed by atoms with Crippen LogP contribution >= 0.6 is 0 Å². The molecule has 0 spiro atoms. The molecule has 0 radical (unpaired) electrons. The van der Waals surface area contributed by atoms with Gasteiger partial charge in [-0.05, 0) is 24.1 Å². The zero-order valence-corrected chi connectivity index (χ0v) is 15.9. The monoisotopic (exact) mass is 389 g/mol. The number of carboxylic acids is 1. The number of ether oxygens (including phenoxy) is 1. The zero-order valence-electron chi connectivity index (χ0n) is 15.9. The molecule has 0 bridgehead atoms. The van der Waals surface area contributed by atoms with Gasteiger partial charge >= 0.3 is 5.97 Å². The molecule has 1 aromatic rings. The Morgan fingerprint density at radius 2 is 2.00 bits per heavy atom. The van der Waals surface area contributed by atoms with Crippen molar-refractivity contribution in [1.29, 1.82) is 0 Å². The molecule has 8 heteroatoms. The van der Waals surface area contributed by atoms with Crippen molar-refractivity contribution in [2.75, 3.05) is 51.3 Å². The summed E-state index contributed by atoms with van der Waals surface area (Å²) in [7, 11) is 0. The molecule has 1 unspecified atom stereocenters. The summed E-state index contributed by atoms with van der Waals surface area (Å²) in [5.41, 5.74) is 1.49. The maximum absolute atomic E-state index is 12.6. The van der Waals surface area contributed by atoms with Gasteiger partial charge in [0.2, 0.25) is 11.8 Å². The smallest absolute Gasteiger partial charge is 0.303 e. The molecule has 8 nitrogen and oxygen atoms in total. The van der Waals surface area contributed by atoms with Gasteiger partial charge in [0.1, 0.15) is 0 Å². The van der Waals surface area contributed by atoms with Gasteiger partial charge in [-0.1, -0.05) is 12.1 Å². The highest BCUT2D eigenvalue weighted by Gasteiger charge is 2.34. The van der Waals surface area contributed by atoms with E-state index in [4.69, 9.17) is 9.84 Å². The summed E-state index contributed by atoms with van der Waals surface area (Å²) in [4.78, 5) is 39.6. The first kappa shape index (κ1) is 20.3. The number of benzene rings is 1. The Morgan fingerprint density at radius 1 is 1.21 bits per heavy atom. The quantitative estimate of drug-likeness (QED) is 0.683. The van der Waals surface area contributed by atoms with Crippen molar-refractivity contribution in [1.82, 2.24) is 9.80 Å². The van der Waals surface area contributed by atoms with E-state index in [1.54, 1.807) is 23.1 Å². The summed E-state index contributed by atoms with van der Waals surface area (Å²) in [6, 6.07) is 7.19. The van der Waals surface area contributed by atoms with E-state index >= 15 is 0 Å². The largest absolute Gasteiger partial charge is 0.481 e. The lowest BCUT2D eigenvalue weighted by molar-refractivity contribution is -0.137. The van der Waals surface area contributed by atoms with E-state index < -0.39 is 5.97 Å². The molecule has 0 saturated carbocycles. The molecule has 2 amide bonds. The number of hydrogen-bond acceptors (Lipinski definition) is 5. The lowest BCUT2D eigenvalue weighted by Gasteiger charge is -2.28. The maximum Gasteiger partial charge on any atom is 0.303 e. The molecule has 0 aromatic heterocycles. The van der Waals surface area contributed by atoms with E-state index in [1.165, 1.54) is 0 Å². The number of morpholine rings is 1. The highest BCUT2D eigenvalue weighted by atomic mass is 16.5. The summed E-state index contributed by atoms with van der Waals surface area (Å²) in [5.74, 6) is -1.36. The SMILES string of the molecule is O=C(O)CCc1cccc(NC(=O)C2CC(=O)N(CCN3CCOCC3)C2)c1. The number of nitrogens with one attached hydrogen (secondary N) is 1. The standard InChI is InChI=1S/C20H27N3O5/c24-18-13-16(14-23(18)7-6-22-8-10-28-11-9-22)20(27)21-17-3-1-2-15(12-17)4-5-19(25)26/h1-3,12,16H,4-11,13-14H2,(H,21,27)(H,25,26). The number of aliphatic carboxylic acids is 1. The minimum Gasteiger partial charge on any atom is -0.481 e. The summed E-state index contributed by atoms with van der Waals surface area (Å²) >= 11 is 0. The number of carbonyl (C=O) groups is 3. The Kier molecular flexibility index (Phi) is 7.00. The summed E-state index contributed by atoms with van der Waals surface area (Å²) < 4.78 is 5.33. The number of carboxylic acid groups (broad SMARTS) is 1. The number of hydrogen-bond donors (Lipinski definition) is 2. The summed E-state index contributed by atoms with van der Waals surface area (Å²) in [6.07, 6.45) is 0.691. The lowest BCUT2D eigenvalue weighted by Crippen LogP contribution is -2.42. The minimum atomic E-state index is -0.851. The molecule has 2 heterocycles. The molecule has 0 aliphatic carbocycles. The van der Waals surface area contributed by atoms with Gasteiger partial charge < -0.3 is 20.1 Å². The van der Waals surface area contributed by atoms with Crippen LogP contribution in [0.3, 0.4) is 0 Å². The van der Waals surface area contributed by atoms with Crippen LogP contribution in [0.2, 0.25) is 0 Å². The average molecular weight is 389 g/mol. The predicted molar refractivity (Wildman–Crippen MR) is 103 cm³/mol.